The minimum Gasteiger partial charge on any atom is -0.484 e. The Labute approximate surface area is 203 Å². The quantitative estimate of drug-likeness (QED) is 0.484. The second kappa shape index (κ2) is 11.3. The van der Waals surface area contributed by atoms with Crippen LogP contribution >= 0.6 is 23.7 Å². The van der Waals surface area contributed by atoms with Crippen LogP contribution in [0.25, 0.3) is 0 Å². The predicted molar refractivity (Wildman–Crippen MR) is 132 cm³/mol. The first-order chi connectivity index (χ1) is 15.5. The number of nitrogens with zero attached hydrogens (tertiary/aromatic N) is 1. The van der Waals surface area contributed by atoms with Crippen molar-refractivity contribution in [2.75, 3.05) is 25.6 Å². The number of rotatable bonds is 7. The van der Waals surface area contributed by atoms with Crippen molar-refractivity contribution >= 4 is 40.6 Å². The van der Waals surface area contributed by atoms with Gasteiger partial charge >= 0.3 is 5.97 Å². The van der Waals surface area contributed by atoms with Crippen LogP contribution in [0.5, 0.6) is 5.75 Å². The van der Waals surface area contributed by atoms with Gasteiger partial charge in [-0.25, -0.2) is 4.79 Å². The van der Waals surface area contributed by atoms with Crippen LogP contribution in [0.2, 0.25) is 0 Å². The lowest BCUT2D eigenvalue weighted by Gasteiger charge is -2.27. The van der Waals surface area contributed by atoms with E-state index in [-0.39, 0.29) is 24.9 Å². The Morgan fingerprint density at radius 2 is 1.82 bits per heavy atom. The maximum atomic E-state index is 12.5. The summed E-state index contributed by atoms with van der Waals surface area (Å²) in [6.07, 6.45) is 0.735. The summed E-state index contributed by atoms with van der Waals surface area (Å²) in [5, 5.41) is 3.39. The van der Waals surface area contributed by atoms with E-state index >= 15 is 0 Å². The van der Waals surface area contributed by atoms with E-state index in [2.05, 4.69) is 22.3 Å². The highest BCUT2D eigenvalue weighted by Gasteiger charge is 2.29. The molecule has 4 rings (SSSR count). The van der Waals surface area contributed by atoms with Crippen molar-refractivity contribution in [3.05, 3.63) is 81.7 Å². The van der Waals surface area contributed by atoms with Crippen molar-refractivity contribution in [3.8, 4) is 5.75 Å². The summed E-state index contributed by atoms with van der Waals surface area (Å²) in [5.41, 5.74) is 3.81. The molecule has 0 radical (unpaired) electrons. The molecular weight excluding hydrogens is 460 g/mol. The number of ether oxygens (including phenoxy) is 2. The van der Waals surface area contributed by atoms with E-state index in [1.54, 1.807) is 0 Å². The van der Waals surface area contributed by atoms with Crippen molar-refractivity contribution in [1.29, 1.82) is 0 Å². The van der Waals surface area contributed by atoms with Gasteiger partial charge in [0.1, 0.15) is 10.8 Å². The maximum absolute atomic E-state index is 12.5. The number of esters is 1. The minimum absolute atomic E-state index is 0. The summed E-state index contributed by atoms with van der Waals surface area (Å²) in [5.74, 6) is -0.106. The highest BCUT2D eigenvalue weighted by molar-refractivity contribution is 7.17. The molecule has 1 amide bonds. The van der Waals surface area contributed by atoms with Crippen LogP contribution in [0.4, 0.5) is 5.00 Å². The molecule has 0 aliphatic carbocycles. The molecule has 0 fully saturated rings. The van der Waals surface area contributed by atoms with E-state index in [0.29, 0.717) is 16.3 Å². The van der Waals surface area contributed by atoms with Gasteiger partial charge in [0.05, 0.1) is 12.7 Å². The number of halogens is 1. The SMILES string of the molecule is COC(=O)c1c(NC(=O)COc2ccc(C)cc2)sc2c1CCN(Cc1ccccc1)C2.Cl. The molecule has 3 aromatic rings. The van der Waals surface area contributed by atoms with Gasteiger partial charge in [-0.3, -0.25) is 9.69 Å². The van der Waals surface area contributed by atoms with Crippen LogP contribution in [0.15, 0.2) is 54.6 Å². The zero-order chi connectivity index (χ0) is 22.5. The molecule has 174 valence electrons. The topological polar surface area (TPSA) is 67.9 Å². The van der Waals surface area contributed by atoms with E-state index in [0.717, 1.165) is 42.1 Å². The van der Waals surface area contributed by atoms with Crippen molar-refractivity contribution in [1.82, 2.24) is 4.90 Å². The summed E-state index contributed by atoms with van der Waals surface area (Å²) < 4.78 is 10.6. The Hall–Kier alpha value is -2.87. The number of carbonyl (C=O) groups is 2. The molecule has 1 aliphatic heterocycles. The first-order valence-corrected chi connectivity index (χ1v) is 11.3. The third kappa shape index (κ3) is 6.13. The van der Waals surface area contributed by atoms with Gasteiger partial charge in [0, 0.05) is 24.5 Å². The number of benzene rings is 2. The molecular formula is C25H27ClN2O4S. The van der Waals surface area contributed by atoms with Crippen molar-refractivity contribution in [2.45, 2.75) is 26.4 Å². The van der Waals surface area contributed by atoms with E-state index in [9.17, 15) is 9.59 Å². The van der Waals surface area contributed by atoms with Crippen molar-refractivity contribution in [2.24, 2.45) is 0 Å². The highest BCUT2D eigenvalue weighted by atomic mass is 35.5. The van der Waals surface area contributed by atoms with E-state index in [4.69, 9.17) is 9.47 Å². The normalized spacial score (nSPS) is 12.9. The van der Waals surface area contributed by atoms with Crippen LogP contribution in [0, 0.1) is 6.92 Å². The standard InChI is InChI=1S/C25H26N2O4S.ClH/c1-17-8-10-19(11-9-17)31-16-22(28)26-24-23(25(29)30-2)20-12-13-27(15-21(20)32-24)14-18-6-4-3-5-7-18;/h3-11H,12-16H2,1-2H3,(H,26,28);1H. The van der Waals surface area contributed by atoms with Crippen molar-refractivity contribution < 1.29 is 19.1 Å². The Kier molecular flexibility index (Phi) is 8.49. The van der Waals surface area contributed by atoms with Gasteiger partial charge in [0.25, 0.3) is 5.91 Å². The van der Waals surface area contributed by atoms with Crippen LogP contribution < -0.4 is 10.1 Å². The van der Waals surface area contributed by atoms with E-state index < -0.39 is 5.97 Å². The smallest absolute Gasteiger partial charge is 0.341 e. The zero-order valence-corrected chi connectivity index (χ0v) is 20.3. The van der Waals surface area contributed by atoms with Gasteiger partial charge in [0.15, 0.2) is 6.61 Å². The molecule has 1 aliphatic rings. The third-order valence-corrected chi connectivity index (χ3v) is 6.55. The van der Waals surface area contributed by atoms with Gasteiger partial charge in [-0.2, -0.15) is 0 Å². The van der Waals surface area contributed by atoms with Gasteiger partial charge < -0.3 is 14.8 Å². The average Bonchev–Trinajstić information content (AvgIpc) is 3.15. The second-order valence-electron chi connectivity index (χ2n) is 7.80. The Morgan fingerprint density at radius 1 is 1.09 bits per heavy atom. The van der Waals surface area contributed by atoms with E-state index in [1.807, 2.05) is 49.4 Å². The zero-order valence-electron chi connectivity index (χ0n) is 18.6. The Morgan fingerprint density at radius 3 is 2.52 bits per heavy atom. The van der Waals surface area contributed by atoms with Crippen molar-refractivity contribution in [3.63, 3.8) is 0 Å². The summed E-state index contributed by atoms with van der Waals surface area (Å²) in [6, 6.07) is 17.8. The van der Waals surface area contributed by atoms with Gasteiger partial charge in [-0.05, 0) is 36.6 Å². The van der Waals surface area contributed by atoms with E-state index in [1.165, 1.54) is 24.0 Å². The molecule has 2 aromatic carbocycles. The molecule has 0 atom stereocenters. The summed E-state index contributed by atoms with van der Waals surface area (Å²) >= 11 is 1.44. The molecule has 0 bridgehead atoms. The number of methoxy groups -OCH3 is 1. The largest absolute Gasteiger partial charge is 0.484 e. The first-order valence-electron chi connectivity index (χ1n) is 10.5. The van der Waals surface area contributed by atoms with Crippen LogP contribution in [0.1, 0.15) is 31.9 Å². The Bertz CT molecular complexity index is 1100. The van der Waals surface area contributed by atoms with Crippen LogP contribution in [-0.2, 0) is 29.0 Å². The summed E-state index contributed by atoms with van der Waals surface area (Å²) in [4.78, 5) is 28.5. The monoisotopic (exact) mass is 486 g/mol. The number of thiophene rings is 1. The average molecular weight is 487 g/mol. The molecule has 1 aromatic heterocycles. The predicted octanol–water partition coefficient (Wildman–Crippen LogP) is 4.84. The number of anilines is 1. The number of nitrogens with one attached hydrogen (secondary N) is 1. The molecule has 6 nitrogen and oxygen atoms in total. The first kappa shape index (κ1) is 24.8. The highest BCUT2D eigenvalue weighted by Crippen LogP contribution is 2.38. The lowest BCUT2D eigenvalue weighted by molar-refractivity contribution is -0.118. The number of hydrogen-bond acceptors (Lipinski definition) is 6. The number of fused-ring (bicyclic) bond motifs is 1. The molecule has 0 saturated heterocycles. The number of amides is 1. The summed E-state index contributed by atoms with van der Waals surface area (Å²) in [6.45, 7) is 4.27. The van der Waals surface area contributed by atoms with Gasteiger partial charge in [-0.1, -0.05) is 48.0 Å². The molecule has 33 heavy (non-hydrogen) atoms. The molecule has 0 saturated carbocycles. The number of aryl methyl sites for hydroxylation is 1. The fourth-order valence-corrected chi connectivity index (χ4v) is 5.08. The number of hydrogen-bond donors (Lipinski definition) is 1. The van der Waals surface area contributed by atoms with Crippen LogP contribution in [-0.4, -0.2) is 37.0 Å². The Balaban J connectivity index is 0.00000306. The van der Waals surface area contributed by atoms with Gasteiger partial charge in [-0.15, -0.1) is 23.7 Å². The third-order valence-electron chi connectivity index (χ3n) is 5.42. The fourth-order valence-electron chi connectivity index (χ4n) is 3.79. The summed E-state index contributed by atoms with van der Waals surface area (Å²) in [7, 11) is 1.36. The minimum atomic E-state index is -0.422. The molecule has 0 unspecified atom stereocenters. The molecule has 2 heterocycles. The van der Waals surface area contributed by atoms with Gasteiger partial charge in [0.2, 0.25) is 0 Å². The lowest BCUT2D eigenvalue weighted by atomic mass is 10.0. The molecule has 8 heteroatoms. The maximum Gasteiger partial charge on any atom is 0.341 e. The lowest BCUT2D eigenvalue weighted by Crippen LogP contribution is -2.29. The molecule has 0 spiro atoms. The van der Waals surface area contributed by atoms with Crippen LogP contribution in [0.3, 0.4) is 0 Å². The fraction of sp³-hybridized carbons (Fsp3) is 0.280. The molecule has 1 N–H and O–H groups in total. The number of carbonyl (C=O) groups excluding carboxylic acids is 2. The second-order valence-corrected chi connectivity index (χ2v) is 8.90.